The minimum Gasteiger partial charge on any atom is -0.366 e. The second-order valence-electron chi connectivity index (χ2n) is 5.79. The zero-order valence-electron chi connectivity index (χ0n) is 12.7. The van der Waals surface area contributed by atoms with Crippen molar-refractivity contribution in [3.63, 3.8) is 0 Å². The van der Waals surface area contributed by atoms with Crippen LogP contribution in [0, 0.1) is 0 Å². The molecule has 2 atom stereocenters. The Morgan fingerprint density at radius 2 is 2.04 bits per heavy atom. The number of rotatable bonds is 5. The van der Waals surface area contributed by atoms with E-state index in [4.69, 9.17) is 5.73 Å². The van der Waals surface area contributed by atoms with Gasteiger partial charge in [0, 0.05) is 24.1 Å². The van der Waals surface area contributed by atoms with Crippen LogP contribution >= 0.6 is 11.3 Å². The van der Waals surface area contributed by atoms with Gasteiger partial charge in [-0.05, 0) is 35.7 Å². The van der Waals surface area contributed by atoms with Crippen molar-refractivity contribution in [2.24, 2.45) is 5.73 Å². The van der Waals surface area contributed by atoms with E-state index in [1.807, 2.05) is 0 Å². The average molecular weight is 330 g/mol. The second-order valence-corrected chi connectivity index (χ2v) is 6.76. The molecule has 0 saturated carbocycles. The third kappa shape index (κ3) is 3.78. The van der Waals surface area contributed by atoms with Gasteiger partial charge in [0.05, 0.1) is 11.4 Å². The fraction of sp³-hybridized carbons (Fsp3) is 0.294. The topological polar surface area (TPSA) is 76.6 Å². The largest absolute Gasteiger partial charge is 0.366 e. The Labute approximate surface area is 139 Å². The van der Waals surface area contributed by atoms with Gasteiger partial charge in [-0.1, -0.05) is 6.07 Å². The standard InChI is InChI=1S/C17H19N3O2S/c18-17(22)12-5-7-13(8-6-12)19-16(21)11-20-9-1-3-14(20)15-4-2-10-23-15/h2,4-8,10,14H,1,3,9,11H2,(H2,18,22)(H,19,21)/p+1/t14-/m1/s1. The Kier molecular flexibility index (Phi) is 4.73. The van der Waals surface area contributed by atoms with Gasteiger partial charge in [0.2, 0.25) is 5.91 Å². The van der Waals surface area contributed by atoms with Crippen molar-refractivity contribution < 1.29 is 14.5 Å². The lowest BCUT2D eigenvalue weighted by Crippen LogP contribution is -3.11. The molecule has 0 radical (unpaired) electrons. The minimum absolute atomic E-state index is 0.00437. The van der Waals surface area contributed by atoms with Crippen LogP contribution in [-0.4, -0.2) is 24.9 Å². The lowest BCUT2D eigenvalue weighted by Gasteiger charge is -2.20. The van der Waals surface area contributed by atoms with Crippen molar-refractivity contribution >= 4 is 28.8 Å². The molecule has 1 aromatic heterocycles. The van der Waals surface area contributed by atoms with Crippen LogP contribution in [0.3, 0.4) is 0 Å². The van der Waals surface area contributed by atoms with Gasteiger partial charge in [-0.25, -0.2) is 0 Å². The maximum Gasteiger partial charge on any atom is 0.279 e. The fourth-order valence-corrected chi connectivity index (χ4v) is 4.01. The number of nitrogens with two attached hydrogens (primary N) is 1. The summed E-state index contributed by atoms with van der Waals surface area (Å²) < 4.78 is 0. The quantitative estimate of drug-likeness (QED) is 0.770. The number of quaternary nitrogens is 1. The maximum atomic E-state index is 12.3. The Hall–Kier alpha value is -2.18. The molecule has 120 valence electrons. The lowest BCUT2D eigenvalue weighted by molar-refractivity contribution is -0.910. The summed E-state index contributed by atoms with van der Waals surface area (Å²) in [6.45, 7) is 1.48. The number of primary amides is 1. The van der Waals surface area contributed by atoms with Crippen molar-refractivity contribution in [1.82, 2.24) is 0 Å². The number of thiophene rings is 1. The highest BCUT2D eigenvalue weighted by molar-refractivity contribution is 7.10. The first-order valence-corrected chi connectivity index (χ1v) is 8.59. The van der Waals surface area contributed by atoms with E-state index in [0.29, 0.717) is 23.8 Å². The number of hydrogen-bond acceptors (Lipinski definition) is 3. The molecular weight excluding hydrogens is 310 g/mol. The molecule has 3 rings (SSSR count). The van der Waals surface area contributed by atoms with E-state index in [1.165, 1.54) is 9.78 Å². The highest BCUT2D eigenvalue weighted by atomic mass is 32.1. The molecule has 5 nitrogen and oxygen atoms in total. The van der Waals surface area contributed by atoms with Gasteiger partial charge in [0.1, 0.15) is 6.04 Å². The molecule has 2 heterocycles. The third-order valence-corrected chi connectivity index (χ3v) is 5.20. The SMILES string of the molecule is NC(=O)c1ccc(NC(=O)C[NH+]2CCC[C@@H]2c2cccs2)cc1. The highest BCUT2D eigenvalue weighted by Gasteiger charge is 2.32. The Morgan fingerprint density at radius 3 is 2.70 bits per heavy atom. The summed E-state index contributed by atoms with van der Waals surface area (Å²) in [5.41, 5.74) is 6.33. The molecular formula is C17H20N3O2S+. The van der Waals surface area contributed by atoms with E-state index in [1.54, 1.807) is 35.6 Å². The van der Waals surface area contributed by atoms with Crippen LogP contribution in [0.25, 0.3) is 0 Å². The Bertz CT molecular complexity index is 682. The van der Waals surface area contributed by atoms with Gasteiger partial charge in [0.25, 0.3) is 5.91 Å². The summed E-state index contributed by atoms with van der Waals surface area (Å²) in [5.74, 6) is -0.474. The average Bonchev–Trinajstić information content (AvgIpc) is 3.18. The maximum absolute atomic E-state index is 12.3. The van der Waals surface area contributed by atoms with Gasteiger partial charge in [-0.2, -0.15) is 0 Å². The van der Waals surface area contributed by atoms with Crippen LogP contribution in [-0.2, 0) is 4.79 Å². The second kappa shape index (κ2) is 6.93. The fourth-order valence-electron chi connectivity index (χ4n) is 3.09. The van der Waals surface area contributed by atoms with Crippen molar-refractivity contribution in [2.75, 3.05) is 18.4 Å². The Balaban J connectivity index is 1.59. The van der Waals surface area contributed by atoms with Crippen LogP contribution in [0.1, 0.15) is 34.1 Å². The van der Waals surface area contributed by atoms with Crippen LogP contribution in [0.4, 0.5) is 5.69 Å². The lowest BCUT2D eigenvalue weighted by atomic mass is 10.2. The number of anilines is 1. The van der Waals surface area contributed by atoms with E-state index < -0.39 is 5.91 Å². The predicted octanol–water partition coefficient (Wildman–Crippen LogP) is 1.21. The highest BCUT2D eigenvalue weighted by Crippen LogP contribution is 2.23. The summed E-state index contributed by atoms with van der Waals surface area (Å²) in [7, 11) is 0. The molecule has 1 aliphatic rings. The smallest absolute Gasteiger partial charge is 0.279 e. The van der Waals surface area contributed by atoms with Crippen LogP contribution in [0.5, 0.6) is 0 Å². The van der Waals surface area contributed by atoms with E-state index in [0.717, 1.165) is 19.4 Å². The molecule has 1 aromatic carbocycles. The first-order chi connectivity index (χ1) is 11.1. The summed E-state index contributed by atoms with van der Waals surface area (Å²) in [5, 5.41) is 4.98. The molecule has 0 bridgehead atoms. The molecule has 6 heteroatoms. The number of hydrogen-bond donors (Lipinski definition) is 3. The third-order valence-electron chi connectivity index (χ3n) is 4.21. The molecule has 23 heavy (non-hydrogen) atoms. The minimum atomic E-state index is -0.469. The van der Waals surface area contributed by atoms with Gasteiger partial charge >= 0.3 is 0 Å². The molecule has 1 unspecified atom stereocenters. The van der Waals surface area contributed by atoms with Crippen LogP contribution in [0.15, 0.2) is 41.8 Å². The molecule has 2 amide bonds. The summed E-state index contributed by atoms with van der Waals surface area (Å²) in [4.78, 5) is 26.0. The van der Waals surface area contributed by atoms with Gasteiger partial charge in [-0.3, -0.25) is 9.59 Å². The van der Waals surface area contributed by atoms with Crippen molar-refractivity contribution in [3.8, 4) is 0 Å². The monoisotopic (exact) mass is 330 g/mol. The van der Waals surface area contributed by atoms with E-state index in [9.17, 15) is 9.59 Å². The van der Waals surface area contributed by atoms with E-state index >= 15 is 0 Å². The number of carbonyl (C=O) groups is 2. The number of amides is 2. The van der Waals surface area contributed by atoms with Gasteiger partial charge in [-0.15, -0.1) is 11.3 Å². The van der Waals surface area contributed by atoms with Crippen molar-refractivity contribution in [3.05, 3.63) is 52.2 Å². The van der Waals surface area contributed by atoms with Crippen LogP contribution < -0.4 is 16.0 Å². The molecule has 0 spiro atoms. The van der Waals surface area contributed by atoms with Crippen molar-refractivity contribution in [2.45, 2.75) is 18.9 Å². The number of carbonyl (C=O) groups excluding carboxylic acids is 2. The normalized spacial score (nSPS) is 20.3. The molecule has 1 saturated heterocycles. The molecule has 2 aromatic rings. The zero-order chi connectivity index (χ0) is 16.2. The zero-order valence-corrected chi connectivity index (χ0v) is 13.6. The number of likely N-dealkylation sites (tertiary alicyclic amines) is 1. The van der Waals surface area contributed by atoms with Crippen molar-refractivity contribution in [1.29, 1.82) is 0 Å². The van der Waals surface area contributed by atoms with Crippen LogP contribution in [0.2, 0.25) is 0 Å². The summed E-state index contributed by atoms with van der Waals surface area (Å²) in [6, 6.07) is 11.3. The number of benzene rings is 1. The molecule has 1 fully saturated rings. The van der Waals surface area contributed by atoms with Gasteiger partial charge < -0.3 is 16.0 Å². The van der Waals surface area contributed by atoms with Gasteiger partial charge in [0.15, 0.2) is 6.54 Å². The summed E-state index contributed by atoms with van der Waals surface area (Å²) >= 11 is 1.76. The first kappa shape index (κ1) is 15.7. The summed E-state index contributed by atoms with van der Waals surface area (Å²) in [6.07, 6.45) is 2.29. The van der Waals surface area contributed by atoms with E-state index in [-0.39, 0.29) is 5.91 Å². The number of nitrogens with one attached hydrogen (secondary N) is 2. The molecule has 0 aliphatic carbocycles. The molecule has 1 aliphatic heterocycles. The van der Waals surface area contributed by atoms with E-state index in [2.05, 4.69) is 22.8 Å². The first-order valence-electron chi connectivity index (χ1n) is 7.71. The Morgan fingerprint density at radius 1 is 1.26 bits per heavy atom. The predicted molar refractivity (Wildman–Crippen MR) is 90.6 cm³/mol. The molecule has 4 N–H and O–H groups in total.